The maximum absolute atomic E-state index is 11.8. The Kier molecular flexibility index (Phi) is 6.64. The summed E-state index contributed by atoms with van der Waals surface area (Å²) in [5.74, 6) is 1.45. The van der Waals surface area contributed by atoms with Crippen molar-refractivity contribution >= 4 is 11.9 Å². The van der Waals surface area contributed by atoms with Crippen LogP contribution in [0, 0.1) is 6.92 Å². The van der Waals surface area contributed by atoms with E-state index in [0.29, 0.717) is 12.3 Å². The number of hydrogen-bond acceptors (Lipinski definition) is 2. The Bertz CT molecular complexity index is 567. The van der Waals surface area contributed by atoms with Gasteiger partial charge in [0, 0.05) is 39.1 Å². The van der Waals surface area contributed by atoms with Gasteiger partial charge in [-0.3, -0.25) is 9.79 Å². The van der Waals surface area contributed by atoms with E-state index in [1.165, 1.54) is 11.1 Å². The van der Waals surface area contributed by atoms with E-state index >= 15 is 0 Å². The number of nitrogens with one attached hydrogen (secondary N) is 2. The molecular weight excluding hydrogens is 300 g/mol. The lowest BCUT2D eigenvalue weighted by molar-refractivity contribution is -0.129. The fourth-order valence-corrected chi connectivity index (χ4v) is 2.98. The molecule has 1 aromatic rings. The SMILES string of the molecule is CCC(=O)N1CCC(NC(=NC)NCC(C)c2ccc(C)cc2)C1. The van der Waals surface area contributed by atoms with Gasteiger partial charge >= 0.3 is 0 Å². The summed E-state index contributed by atoms with van der Waals surface area (Å²) < 4.78 is 0. The highest BCUT2D eigenvalue weighted by atomic mass is 16.2. The molecule has 0 aliphatic carbocycles. The standard InChI is InChI=1S/C19H30N4O/c1-5-18(24)23-11-10-17(13-23)22-19(20-4)21-12-15(3)16-8-6-14(2)7-9-16/h6-9,15,17H,5,10-13H2,1-4H3,(H2,20,21,22). The van der Waals surface area contributed by atoms with Crippen molar-refractivity contribution in [1.29, 1.82) is 0 Å². The first-order valence-corrected chi connectivity index (χ1v) is 8.85. The van der Waals surface area contributed by atoms with E-state index in [1.54, 1.807) is 7.05 Å². The quantitative estimate of drug-likeness (QED) is 0.643. The average molecular weight is 330 g/mol. The second-order valence-corrected chi connectivity index (χ2v) is 6.59. The van der Waals surface area contributed by atoms with Crippen LogP contribution in [0.3, 0.4) is 0 Å². The van der Waals surface area contributed by atoms with Crippen LogP contribution in [-0.4, -0.2) is 49.5 Å². The summed E-state index contributed by atoms with van der Waals surface area (Å²) in [6, 6.07) is 8.95. The monoisotopic (exact) mass is 330 g/mol. The van der Waals surface area contributed by atoms with Gasteiger partial charge in [-0.15, -0.1) is 0 Å². The van der Waals surface area contributed by atoms with E-state index in [1.807, 2.05) is 11.8 Å². The number of carbonyl (C=O) groups excluding carboxylic acids is 1. The molecule has 2 unspecified atom stereocenters. The van der Waals surface area contributed by atoms with E-state index in [9.17, 15) is 4.79 Å². The molecule has 2 rings (SSSR count). The first kappa shape index (κ1) is 18.3. The van der Waals surface area contributed by atoms with Gasteiger partial charge in [-0.05, 0) is 24.8 Å². The Labute approximate surface area is 145 Å². The third-order valence-corrected chi connectivity index (χ3v) is 4.63. The number of amides is 1. The molecular formula is C19H30N4O. The summed E-state index contributed by atoms with van der Waals surface area (Å²) in [4.78, 5) is 18.0. The number of rotatable bonds is 5. The molecule has 1 heterocycles. The number of nitrogens with zero attached hydrogens (tertiary/aromatic N) is 2. The second kappa shape index (κ2) is 8.71. The van der Waals surface area contributed by atoms with Gasteiger partial charge in [0.1, 0.15) is 0 Å². The normalized spacial score (nSPS) is 19.2. The first-order valence-electron chi connectivity index (χ1n) is 8.85. The molecule has 1 amide bonds. The third kappa shape index (κ3) is 4.98. The first-order chi connectivity index (χ1) is 11.5. The van der Waals surface area contributed by atoms with Crippen molar-refractivity contribution < 1.29 is 4.79 Å². The smallest absolute Gasteiger partial charge is 0.222 e. The zero-order chi connectivity index (χ0) is 17.5. The van der Waals surface area contributed by atoms with Crippen molar-refractivity contribution in [2.24, 2.45) is 4.99 Å². The number of hydrogen-bond donors (Lipinski definition) is 2. The summed E-state index contributed by atoms with van der Waals surface area (Å²) in [5, 5.41) is 6.84. The van der Waals surface area contributed by atoms with Crippen LogP contribution >= 0.6 is 0 Å². The maximum Gasteiger partial charge on any atom is 0.222 e. The zero-order valence-corrected chi connectivity index (χ0v) is 15.3. The van der Waals surface area contributed by atoms with E-state index in [-0.39, 0.29) is 11.9 Å². The molecule has 0 saturated carbocycles. The lowest BCUT2D eigenvalue weighted by Gasteiger charge is -2.20. The highest BCUT2D eigenvalue weighted by Gasteiger charge is 2.25. The highest BCUT2D eigenvalue weighted by Crippen LogP contribution is 2.15. The Hall–Kier alpha value is -2.04. The van der Waals surface area contributed by atoms with Crippen LogP contribution < -0.4 is 10.6 Å². The highest BCUT2D eigenvalue weighted by molar-refractivity contribution is 5.80. The van der Waals surface area contributed by atoms with Crippen LogP contribution in [0.2, 0.25) is 0 Å². The molecule has 5 heteroatoms. The summed E-state index contributed by atoms with van der Waals surface area (Å²) in [5.41, 5.74) is 2.60. The third-order valence-electron chi connectivity index (χ3n) is 4.63. The molecule has 2 atom stereocenters. The van der Waals surface area contributed by atoms with Crippen LogP contribution in [0.5, 0.6) is 0 Å². The number of carbonyl (C=O) groups is 1. The van der Waals surface area contributed by atoms with Gasteiger partial charge in [0.05, 0.1) is 0 Å². The topological polar surface area (TPSA) is 56.7 Å². The molecule has 5 nitrogen and oxygen atoms in total. The minimum Gasteiger partial charge on any atom is -0.356 e. The van der Waals surface area contributed by atoms with Crippen molar-refractivity contribution in [2.45, 2.75) is 45.6 Å². The fourth-order valence-electron chi connectivity index (χ4n) is 2.98. The number of benzene rings is 1. The van der Waals surface area contributed by atoms with Crippen molar-refractivity contribution in [1.82, 2.24) is 15.5 Å². The molecule has 0 spiro atoms. The fraction of sp³-hybridized carbons (Fsp3) is 0.579. The van der Waals surface area contributed by atoms with Gasteiger partial charge in [0.25, 0.3) is 0 Å². The summed E-state index contributed by atoms with van der Waals surface area (Å²) >= 11 is 0. The molecule has 1 aromatic carbocycles. The lowest BCUT2D eigenvalue weighted by Crippen LogP contribution is -2.45. The molecule has 1 aliphatic rings. The Balaban J connectivity index is 1.80. The molecule has 132 valence electrons. The number of guanidine groups is 1. The average Bonchev–Trinajstić information content (AvgIpc) is 3.06. The van der Waals surface area contributed by atoms with Gasteiger partial charge in [-0.2, -0.15) is 0 Å². The van der Waals surface area contributed by atoms with Gasteiger partial charge < -0.3 is 15.5 Å². The van der Waals surface area contributed by atoms with Crippen LogP contribution in [0.25, 0.3) is 0 Å². The van der Waals surface area contributed by atoms with Gasteiger partial charge in [-0.1, -0.05) is 43.7 Å². The largest absolute Gasteiger partial charge is 0.356 e. The van der Waals surface area contributed by atoms with Crippen molar-refractivity contribution in [2.75, 3.05) is 26.7 Å². The van der Waals surface area contributed by atoms with Crippen molar-refractivity contribution in [3.8, 4) is 0 Å². The summed E-state index contributed by atoms with van der Waals surface area (Å²) in [7, 11) is 1.79. The van der Waals surface area contributed by atoms with Crippen LogP contribution in [0.1, 0.15) is 43.7 Å². The van der Waals surface area contributed by atoms with Crippen molar-refractivity contribution in [3.63, 3.8) is 0 Å². The predicted molar refractivity (Wildman–Crippen MR) is 99.4 cm³/mol. The molecule has 1 fully saturated rings. The van der Waals surface area contributed by atoms with Crippen molar-refractivity contribution in [3.05, 3.63) is 35.4 Å². The van der Waals surface area contributed by atoms with Gasteiger partial charge in [0.2, 0.25) is 5.91 Å². The molecule has 0 aromatic heterocycles. The van der Waals surface area contributed by atoms with E-state index in [4.69, 9.17) is 0 Å². The minimum atomic E-state index is 0.232. The van der Waals surface area contributed by atoms with E-state index in [2.05, 4.69) is 53.7 Å². The minimum absolute atomic E-state index is 0.232. The number of aryl methyl sites for hydroxylation is 1. The van der Waals surface area contributed by atoms with Crippen LogP contribution in [0.15, 0.2) is 29.3 Å². The molecule has 2 N–H and O–H groups in total. The summed E-state index contributed by atoms with van der Waals surface area (Å²) in [6.07, 6.45) is 1.55. The van der Waals surface area contributed by atoms with E-state index in [0.717, 1.165) is 32.0 Å². The lowest BCUT2D eigenvalue weighted by atomic mass is 10.0. The number of aliphatic imine (C=N–C) groups is 1. The molecule has 0 radical (unpaired) electrons. The molecule has 0 bridgehead atoms. The Morgan fingerprint density at radius 2 is 2.08 bits per heavy atom. The number of likely N-dealkylation sites (tertiary alicyclic amines) is 1. The molecule has 1 aliphatic heterocycles. The van der Waals surface area contributed by atoms with Crippen LogP contribution in [0.4, 0.5) is 0 Å². The predicted octanol–water partition coefficient (Wildman–Crippen LogP) is 2.27. The van der Waals surface area contributed by atoms with Crippen LogP contribution in [-0.2, 0) is 4.79 Å². The Morgan fingerprint density at radius 3 is 2.71 bits per heavy atom. The van der Waals surface area contributed by atoms with Gasteiger partial charge in [-0.25, -0.2) is 0 Å². The van der Waals surface area contributed by atoms with Gasteiger partial charge in [0.15, 0.2) is 5.96 Å². The maximum atomic E-state index is 11.8. The van der Waals surface area contributed by atoms with E-state index < -0.39 is 0 Å². The Morgan fingerprint density at radius 1 is 1.38 bits per heavy atom. The second-order valence-electron chi connectivity index (χ2n) is 6.59. The molecule has 24 heavy (non-hydrogen) atoms. The zero-order valence-electron chi connectivity index (χ0n) is 15.3. The summed E-state index contributed by atoms with van der Waals surface area (Å²) in [6.45, 7) is 8.65. The molecule has 1 saturated heterocycles.